The van der Waals surface area contributed by atoms with Crippen LogP contribution in [0.15, 0.2) is 29.6 Å². The maximum absolute atomic E-state index is 12.6. The third-order valence-corrected chi connectivity index (χ3v) is 3.57. The Morgan fingerprint density at radius 2 is 2.14 bits per heavy atom. The summed E-state index contributed by atoms with van der Waals surface area (Å²) < 4.78 is 37.7. The second-order valence-corrected chi connectivity index (χ2v) is 5.57. The van der Waals surface area contributed by atoms with Crippen molar-refractivity contribution in [1.82, 2.24) is 10.3 Å². The van der Waals surface area contributed by atoms with Gasteiger partial charge in [0, 0.05) is 11.9 Å². The zero-order valence-electron chi connectivity index (χ0n) is 11.2. The summed E-state index contributed by atoms with van der Waals surface area (Å²) in [6, 6.07) is 4.91. The molecule has 0 aliphatic heterocycles. The van der Waals surface area contributed by atoms with E-state index in [4.69, 9.17) is 0 Å². The van der Waals surface area contributed by atoms with Crippen molar-refractivity contribution >= 4 is 17.2 Å². The molecule has 1 N–H and O–H groups in total. The molecule has 0 saturated carbocycles. The summed E-state index contributed by atoms with van der Waals surface area (Å²) >= 11 is 1.45. The SMILES string of the molecule is Cc1nc(CC(=O)NCc2cccc(C(F)(F)F)c2)cs1. The molecule has 1 aromatic carbocycles. The van der Waals surface area contributed by atoms with E-state index in [2.05, 4.69) is 10.3 Å². The Balaban J connectivity index is 1.92. The van der Waals surface area contributed by atoms with Crippen LogP contribution in [0, 0.1) is 6.92 Å². The molecule has 0 atom stereocenters. The standard InChI is InChI=1S/C14H13F3N2OS/c1-9-19-12(8-21-9)6-13(20)18-7-10-3-2-4-11(5-10)14(15,16)17/h2-5,8H,6-7H2,1H3,(H,18,20). The van der Waals surface area contributed by atoms with Gasteiger partial charge < -0.3 is 5.32 Å². The maximum Gasteiger partial charge on any atom is 0.416 e. The molecular weight excluding hydrogens is 301 g/mol. The number of benzene rings is 1. The van der Waals surface area contributed by atoms with Crippen LogP contribution in [0.5, 0.6) is 0 Å². The Labute approximate surface area is 123 Å². The van der Waals surface area contributed by atoms with E-state index in [-0.39, 0.29) is 18.9 Å². The van der Waals surface area contributed by atoms with Gasteiger partial charge >= 0.3 is 6.18 Å². The lowest BCUT2D eigenvalue weighted by Crippen LogP contribution is -2.24. The molecule has 112 valence electrons. The lowest BCUT2D eigenvalue weighted by atomic mass is 10.1. The molecule has 2 rings (SSSR count). The fraction of sp³-hybridized carbons (Fsp3) is 0.286. The van der Waals surface area contributed by atoms with Crippen LogP contribution in [0.4, 0.5) is 13.2 Å². The van der Waals surface area contributed by atoms with Gasteiger partial charge in [0.1, 0.15) is 0 Å². The highest BCUT2D eigenvalue weighted by Crippen LogP contribution is 2.29. The van der Waals surface area contributed by atoms with Crippen molar-refractivity contribution in [2.75, 3.05) is 0 Å². The van der Waals surface area contributed by atoms with Crippen molar-refractivity contribution in [3.05, 3.63) is 51.5 Å². The Kier molecular flexibility index (Phi) is 4.62. The Morgan fingerprint density at radius 3 is 2.76 bits per heavy atom. The first kappa shape index (κ1) is 15.5. The third kappa shape index (κ3) is 4.56. The predicted molar refractivity (Wildman–Crippen MR) is 73.8 cm³/mol. The number of nitrogens with zero attached hydrogens (tertiary/aromatic N) is 1. The Hall–Kier alpha value is -1.89. The molecule has 0 bridgehead atoms. The third-order valence-electron chi connectivity index (χ3n) is 2.75. The van der Waals surface area contributed by atoms with Crippen LogP contribution in [0.3, 0.4) is 0 Å². The molecule has 1 amide bonds. The van der Waals surface area contributed by atoms with Crippen molar-refractivity contribution in [3.8, 4) is 0 Å². The van der Waals surface area contributed by atoms with E-state index in [9.17, 15) is 18.0 Å². The first-order valence-electron chi connectivity index (χ1n) is 6.18. The summed E-state index contributed by atoms with van der Waals surface area (Å²) in [7, 11) is 0. The fourth-order valence-electron chi connectivity index (χ4n) is 1.77. The molecule has 0 fully saturated rings. The van der Waals surface area contributed by atoms with Crippen molar-refractivity contribution in [3.63, 3.8) is 0 Å². The van der Waals surface area contributed by atoms with E-state index in [0.717, 1.165) is 17.1 Å². The lowest BCUT2D eigenvalue weighted by molar-refractivity contribution is -0.137. The number of amides is 1. The number of nitrogens with one attached hydrogen (secondary N) is 1. The monoisotopic (exact) mass is 314 g/mol. The van der Waals surface area contributed by atoms with E-state index in [1.165, 1.54) is 17.4 Å². The summed E-state index contributed by atoms with van der Waals surface area (Å²) in [6.45, 7) is 1.90. The first-order chi connectivity index (χ1) is 9.84. The second kappa shape index (κ2) is 6.26. The molecule has 2 aromatic rings. The molecule has 0 spiro atoms. The van der Waals surface area contributed by atoms with Gasteiger partial charge in [-0.1, -0.05) is 12.1 Å². The number of aromatic nitrogens is 1. The van der Waals surface area contributed by atoms with Crippen molar-refractivity contribution in [2.24, 2.45) is 0 Å². The van der Waals surface area contributed by atoms with Gasteiger partial charge in [0.2, 0.25) is 5.91 Å². The van der Waals surface area contributed by atoms with Crippen LogP contribution in [-0.4, -0.2) is 10.9 Å². The van der Waals surface area contributed by atoms with Gasteiger partial charge in [-0.15, -0.1) is 11.3 Å². The van der Waals surface area contributed by atoms with Crippen molar-refractivity contribution in [1.29, 1.82) is 0 Å². The zero-order valence-corrected chi connectivity index (χ0v) is 12.0. The predicted octanol–water partition coefficient (Wildman–Crippen LogP) is 3.33. The van der Waals surface area contributed by atoms with Crippen LogP contribution in [0.1, 0.15) is 21.8 Å². The summed E-state index contributed by atoms with van der Waals surface area (Å²) in [5, 5.41) is 5.26. The number of rotatable bonds is 4. The van der Waals surface area contributed by atoms with E-state index < -0.39 is 11.7 Å². The topological polar surface area (TPSA) is 42.0 Å². The van der Waals surface area contributed by atoms with Crippen LogP contribution in [-0.2, 0) is 23.9 Å². The number of carbonyl (C=O) groups excluding carboxylic acids is 1. The molecule has 21 heavy (non-hydrogen) atoms. The number of alkyl halides is 3. The van der Waals surface area contributed by atoms with Gasteiger partial charge in [0.05, 0.1) is 22.7 Å². The zero-order chi connectivity index (χ0) is 15.5. The van der Waals surface area contributed by atoms with E-state index >= 15 is 0 Å². The van der Waals surface area contributed by atoms with Crippen LogP contribution >= 0.6 is 11.3 Å². The van der Waals surface area contributed by atoms with E-state index in [0.29, 0.717) is 11.3 Å². The average Bonchev–Trinajstić information content (AvgIpc) is 2.81. The highest BCUT2D eigenvalue weighted by atomic mass is 32.1. The minimum atomic E-state index is -4.38. The largest absolute Gasteiger partial charge is 0.416 e. The second-order valence-electron chi connectivity index (χ2n) is 4.51. The summed E-state index contributed by atoms with van der Waals surface area (Å²) in [6.07, 6.45) is -4.25. The smallest absolute Gasteiger partial charge is 0.352 e. The molecule has 0 aliphatic carbocycles. The van der Waals surface area contributed by atoms with Gasteiger partial charge in [-0.2, -0.15) is 13.2 Å². The summed E-state index contributed by atoms with van der Waals surface area (Å²) in [5.74, 6) is -0.266. The molecule has 0 unspecified atom stereocenters. The van der Waals surface area contributed by atoms with E-state index in [1.54, 1.807) is 11.4 Å². The molecule has 0 aliphatic rings. The molecule has 0 saturated heterocycles. The highest BCUT2D eigenvalue weighted by molar-refractivity contribution is 7.09. The Morgan fingerprint density at radius 1 is 1.38 bits per heavy atom. The number of carbonyl (C=O) groups is 1. The van der Waals surface area contributed by atoms with Crippen LogP contribution in [0.25, 0.3) is 0 Å². The number of aryl methyl sites for hydroxylation is 1. The maximum atomic E-state index is 12.6. The van der Waals surface area contributed by atoms with Crippen molar-refractivity contribution in [2.45, 2.75) is 26.1 Å². The van der Waals surface area contributed by atoms with Gasteiger partial charge in [-0.25, -0.2) is 4.98 Å². The molecular formula is C14H13F3N2OS. The lowest BCUT2D eigenvalue weighted by Gasteiger charge is -2.09. The average molecular weight is 314 g/mol. The molecule has 1 heterocycles. The number of halogens is 3. The molecule has 1 aromatic heterocycles. The molecule has 3 nitrogen and oxygen atoms in total. The van der Waals surface area contributed by atoms with Crippen LogP contribution < -0.4 is 5.32 Å². The highest BCUT2D eigenvalue weighted by Gasteiger charge is 2.30. The number of hydrogen-bond acceptors (Lipinski definition) is 3. The van der Waals surface area contributed by atoms with Gasteiger partial charge in [0.25, 0.3) is 0 Å². The quantitative estimate of drug-likeness (QED) is 0.940. The van der Waals surface area contributed by atoms with Gasteiger partial charge in [-0.05, 0) is 24.6 Å². The minimum Gasteiger partial charge on any atom is -0.352 e. The summed E-state index contributed by atoms with van der Waals surface area (Å²) in [5.41, 5.74) is 0.357. The number of hydrogen-bond donors (Lipinski definition) is 1. The van der Waals surface area contributed by atoms with Gasteiger partial charge in [0.15, 0.2) is 0 Å². The Bertz CT molecular complexity index is 637. The first-order valence-corrected chi connectivity index (χ1v) is 7.06. The number of thiazole rings is 1. The van der Waals surface area contributed by atoms with Crippen molar-refractivity contribution < 1.29 is 18.0 Å². The van der Waals surface area contributed by atoms with E-state index in [1.807, 2.05) is 6.92 Å². The van der Waals surface area contributed by atoms with Crippen LogP contribution in [0.2, 0.25) is 0 Å². The van der Waals surface area contributed by atoms with Gasteiger partial charge in [-0.3, -0.25) is 4.79 Å². The normalized spacial score (nSPS) is 11.4. The molecule has 7 heteroatoms. The molecule has 0 radical (unpaired) electrons. The fourth-order valence-corrected chi connectivity index (χ4v) is 2.39. The minimum absolute atomic E-state index is 0.0614. The summed E-state index contributed by atoms with van der Waals surface area (Å²) in [4.78, 5) is 15.9.